The van der Waals surface area contributed by atoms with Gasteiger partial charge in [0.25, 0.3) is 5.70 Å². The molecule has 1 fully saturated rings. The van der Waals surface area contributed by atoms with Crippen molar-refractivity contribution in [2.75, 3.05) is 13.2 Å². The lowest BCUT2D eigenvalue weighted by molar-refractivity contribution is -0.428. The van der Waals surface area contributed by atoms with Crippen molar-refractivity contribution >= 4 is 21.9 Å². The number of carboxylic acid groups (broad SMARTS) is 1. The molecule has 0 saturated carbocycles. The van der Waals surface area contributed by atoms with Gasteiger partial charge in [0.1, 0.15) is 17.4 Å². The fourth-order valence-corrected chi connectivity index (χ4v) is 2.33. The van der Waals surface area contributed by atoms with E-state index in [1.54, 1.807) is 0 Å². The van der Waals surface area contributed by atoms with Gasteiger partial charge in [-0.15, -0.1) is 0 Å². The number of alkyl halides is 1. The first-order valence-corrected chi connectivity index (χ1v) is 6.37. The molecule has 104 valence electrons. The van der Waals surface area contributed by atoms with Crippen molar-refractivity contribution in [3.05, 3.63) is 33.2 Å². The molecule has 1 saturated heterocycles. The number of hydrogen-bond donors (Lipinski definition) is 1. The summed E-state index contributed by atoms with van der Waals surface area (Å²) in [5.74, 6) is -1.36. The van der Waals surface area contributed by atoms with Gasteiger partial charge in [-0.1, -0.05) is 15.9 Å². The normalized spacial score (nSPS) is 31.7. The minimum atomic E-state index is -1.54. The summed E-state index contributed by atoms with van der Waals surface area (Å²) in [4.78, 5) is 19.7. The molecule has 2 rings (SSSR count). The predicted molar refractivity (Wildman–Crippen MR) is 67.4 cm³/mol. The molecule has 0 aromatic rings. The number of nitrogens with zero attached hydrogens (tertiary/aromatic N) is 1. The Balaban J connectivity index is 2.34. The van der Waals surface area contributed by atoms with Gasteiger partial charge < -0.3 is 14.6 Å². The summed E-state index contributed by atoms with van der Waals surface area (Å²) in [6.07, 6.45) is 1.02. The molecule has 1 aliphatic carbocycles. The van der Waals surface area contributed by atoms with E-state index in [2.05, 4.69) is 15.9 Å². The van der Waals surface area contributed by atoms with Crippen LogP contribution in [0.5, 0.6) is 0 Å². The van der Waals surface area contributed by atoms with E-state index in [1.165, 1.54) is 0 Å². The van der Waals surface area contributed by atoms with Crippen molar-refractivity contribution in [2.24, 2.45) is 0 Å². The van der Waals surface area contributed by atoms with Gasteiger partial charge in [-0.3, -0.25) is 10.1 Å². The summed E-state index contributed by atoms with van der Waals surface area (Å²) in [6.45, 7) is 0.891. The molecule has 7 nitrogen and oxygen atoms in total. The number of ether oxygens (including phenoxy) is 2. The maximum atomic E-state index is 11.1. The van der Waals surface area contributed by atoms with Crippen LogP contribution in [0.1, 0.15) is 14.2 Å². The molecule has 2 aliphatic rings. The second-order valence-corrected chi connectivity index (χ2v) is 5.07. The number of aliphatic carboxylic acids is 1. The number of halogens is 1. The minimum absolute atomic E-state index is 0.0519. The predicted octanol–water partition coefficient (Wildman–Crippen LogP) is 1.46. The Labute approximate surface area is 118 Å². The van der Waals surface area contributed by atoms with E-state index < -0.39 is 27.0 Å². The number of nitro groups is 1. The summed E-state index contributed by atoms with van der Waals surface area (Å²) in [6, 6.07) is 0. The van der Waals surface area contributed by atoms with Gasteiger partial charge in [-0.05, 0) is 6.08 Å². The highest BCUT2D eigenvalue weighted by Gasteiger charge is 2.34. The van der Waals surface area contributed by atoms with Gasteiger partial charge in [0.15, 0.2) is 0 Å². The van der Waals surface area contributed by atoms with E-state index in [1.807, 2.05) is 0 Å². The maximum absolute atomic E-state index is 11.1. The molecule has 0 amide bonds. The molecule has 1 unspecified atom stereocenters. The van der Waals surface area contributed by atoms with Gasteiger partial charge in [0, 0.05) is 6.42 Å². The monoisotopic (exact) mass is 334 g/mol. The summed E-state index contributed by atoms with van der Waals surface area (Å²) >= 11 is 3.05. The number of allylic oxidation sites excluding steroid dienone is 2. The largest absolute Gasteiger partial charge is 0.491 e. The Kier molecular flexibility index (Phi) is 3.79. The molecule has 0 spiro atoms. The first-order chi connectivity index (χ1) is 9.31. The van der Waals surface area contributed by atoms with E-state index in [-0.39, 0.29) is 18.3 Å². The van der Waals surface area contributed by atoms with Gasteiger partial charge in [0.2, 0.25) is 0 Å². The van der Waals surface area contributed by atoms with E-state index in [0.29, 0.717) is 19.6 Å². The quantitative estimate of drug-likeness (QED) is 0.474. The van der Waals surface area contributed by atoms with Crippen molar-refractivity contribution in [1.82, 2.24) is 0 Å². The van der Waals surface area contributed by atoms with Gasteiger partial charge in [-0.25, -0.2) is 4.79 Å². The Bertz CT molecular complexity index is 509. The zero-order valence-electron chi connectivity index (χ0n) is 10.8. The Morgan fingerprint density at radius 1 is 1.74 bits per heavy atom. The SMILES string of the molecule is [2H][C@]1(Br)CC([N+](=O)[O-])=C(C(=O)O)C=C1OC1CCOC1. The Morgan fingerprint density at radius 3 is 3.00 bits per heavy atom. The third-order valence-electron chi connectivity index (χ3n) is 2.81. The lowest BCUT2D eigenvalue weighted by Gasteiger charge is -2.22. The van der Waals surface area contributed by atoms with Crippen LogP contribution in [0, 0.1) is 10.1 Å². The van der Waals surface area contributed by atoms with Crippen LogP contribution in [0.25, 0.3) is 0 Å². The lowest BCUT2D eigenvalue weighted by atomic mass is 10.0. The molecule has 0 bridgehead atoms. The van der Waals surface area contributed by atoms with Crippen molar-refractivity contribution in [2.45, 2.75) is 23.7 Å². The molecule has 2 atom stereocenters. The fraction of sp³-hybridized carbons (Fsp3) is 0.545. The van der Waals surface area contributed by atoms with Crippen LogP contribution in [-0.2, 0) is 14.3 Å². The highest BCUT2D eigenvalue weighted by molar-refractivity contribution is 9.09. The molecule has 0 aromatic heterocycles. The van der Waals surface area contributed by atoms with Crippen LogP contribution in [0.15, 0.2) is 23.1 Å². The number of hydrogen-bond acceptors (Lipinski definition) is 5. The van der Waals surface area contributed by atoms with E-state index >= 15 is 0 Å². The summed E-state index contributed by atoms with van der Waals surface area (Å²) in [7, 11) is 0. The van der Waals surface area contributed by atoms with Gasteiger partial charge in [-0.2, -0.15) is 0 Å². The standard InChI is InChI=1S/C11H12BrNO6/c12-8-4-9(13(16)17)7(11(14)15)3-10(8)19-6-1-2-18-5-6/h3,6,8H,1-2,4-5H2,(H,14,15)/t6?,8-/m0/s1/i8D. The zero-order chi connectivity index (χ0) is 14.9. The average Bonchev–Trinajstić information content (AvgIpc) is 2.83. The molecule has 0 aromatic carbocycles. The van der Waals surface area contributed by atoms with Crippen LogP contribution < -0.4 is 0 Å². The van der Waals surface area contributed by atoms with Crippen LogP contribution in [0.4, 0.5) is 0 Å². The van der Waals surface area contributed by atoms with E-state index in [9.17, 15) is 14.9 Å². The molecule has 19 heavy (non-hydrogen) atoms. The lowest BCUT2D eigenvalue weighted by Crippen LogP contribution is -2.24. The van der Waals surface area contributed by atoms with Gasteiger partial charge >= 0.3 is 5.97 Å². The first kappa shape index (κ1) is 12.6. The van der Waals surface area contributed by atoms with Crippen molar-refractivity contribution in [3.8, 4) is 0 Å². The highest BCUT2D eigenvalue weighted by atomic mass is 79.9. The molecule has 1 N–H and O–H groups in total. The Morgan fingerprint density at radius 2 is 2.47 bits per heavy atom. The number of rotatable bonds is 4. The topological polar surface area (TPSA) is 98.9 Å². The number of carbonyl (C=O) groups is 1. The fourth-order valence-electron chi connectivity index (χ4n) is 1.85. The maximum Gasteiger partial charge on any atom is 0.342 e. The van der Waals surface area contributed by atoms with E-state index in [0.717, 1.165) is 6.08 Å². The zero-order valence-corrected chi connectivity index (χ0v) is 11.4. The second-order valence-electron chi connectivity index (χ2n) is 4.12. The highest BCUT2D eigenvalue weighted by Crippen LogP contribution is 2.32. The summed E-state index contributed by atoms with van der Waals surface area (Å²) in [5, 5.41) is 19.9. The van der Waals surface area contributed by atoms with Gasteiger partial charge in [0.05, 0.1) is 30.7 Å². The third kappa shape index (κ3) is 3.13. The Hall–Kier alpha value is -1.41. The summed E-state index contributed by atoms with van der Waals surface area (Å²) < 4.78 is 18.7. The van der Waals surface area contributed by atoms with Crippen LogP contribution in [0.2, 0.25) is 0 Å². The molecule has 1 aliphatic heterocycles. The summed E-state index contributed by atoms with van der Waals surface area (Å²) in [5.41, 5.74) is -0.967. The third-order valence-corrected chi connectivity index (χ3v) is 3.48. The molecular formula is C11H12BrNO6. The van der Waals surface area contributed by atoms with Crippen molar-refractivity contribution < 1.29 is 25.7 Å². The van der Waals surface area contributed by atoms with Crippen molar-refractivity contribution in [3.63, 3.8) is 0 Å². The molecule has 1 heterocycles. The minimum Gasteiger partial charge on any atom is -0.491 e. The second kappa shape index (κ2) is 5.70. The molecule has 8 heteroatoms. The first-order valence-electron chi connectivity index (χ1n) is 6.07. The average molecular weight is 335 g/mol. The van der Waals surface area contributed by atoms with Crippen LogP contribution >= 0.6 is 15.9 Å². The smallest absolute Gasteiger partial charge is 0.342 e. The molecular weight excluding hydrogens is 322 g/mol. The van der Waals surface area contributed by atoms with Crippen molar-refractivity contribution in [1.29, 1.82) is 0 Å². The van der Waals surface area contributed by atoms with Crippen LogP contribution in [0.3, 0.4) is 0 Å². The van der Waals surface area contributed by atoms with E-state index in [4.69, 9.17) is 16.0 Å². The van der Waals surface area contributed by atoms with Crippen LogP contribution in [-0.4, -0.2) is 40.1 Å². The number of carboxylic acids is 1. The molecule has 0 radical (unpaired) electrons.